The molecular weight excluding hydrogens is 459 g/mol. The number of guanidine groups is 1. The van der Waals surface area contributed by atoms with Crippen molar-refractivity contribution >= 4 is 47.1 Å². The minimum Gasteiger partial charge on any atom is -0.357 e. The number of pyridine rings is 1. The molecule has 0 amide bonds. The van der Waals surface area contributed by atoms with E-state index in [4.69, 9.17) is 0 Å². The molecule has 0 radical (unpaired) electrons. The predicted octanol–water partition coefficient (Wildman–Crippen LogP) is 3.48. The van der Waals surface area contributed by atoms with Crippen LogP contribution in [0.1, 0.15) is 35.0 Å². The van der Waals surface area contributed by atoms with Crippen LogP contribution in [0.2, 0.25) is 0 Å². The van der Waals surface area contributed by atoms with Crippen LogP contribution in [0.5, 0.6) is 0 Å². The maximum atomic E-state index is 4.55. The monoisotopic (exact) mass is 488 g/mol. The van der Waals surface area contributed by atoms with E-state index in [9.17, 15) is 0 Å². The van der Waals surface area contributed by atoms with E-state index in [0.717, 1.165) is 41.1 Å². The van der Waals surface area contributed by atoms with Gasteiger partial charge in [-0.1, -0.05) is 6.07 Å². The third kappa shape index (κ3) is 6.39. The smallest absolute Gasteiger partial charge is 0.191 e. The Kier molecular flexibility index (Phi) is 9.85. The zero-order chi connectivity index (χ0) is 18.2. The number of hydrogen-bond acceptors (Lipinski definition) is 5. The maximum Gasteiger partial charge on any atom is 0.191 e. The van der Waals surface area contributed by atoms with E-state index in [0.29, 0.717) is 13.1 Å². The third-order valence-electron chi connectivity index (χ3n) is 4.06. The van der Waals surface area contributed by atoms with Crippen molar-refractivity contribution < 1.29 is 0 Å². The van der Waals surface area contributed by atoms with E-state index in [1.807, 2.05) is 13.1 Å². The van der Waals surface area contributed by atoms with Crippen LogP contribution >= 0.6 is 35.3 Å². The van der Waals surface area contributed by atoms with Crippen LogP contribution in [0.4, 0.5) is 5.82 Å². The van der Waals surface area contributed by atoms with Gasteiger partial charge in [-0.3, -0.25) is 4.99 Å². The first-order valence-electron chi connectivity index (χ1n) is 8.64. The molecule has 8 heteroatoms. The van der Waals surface area contributed by atoms with E-state index < -0.39 is 0 Å². The zero-order valence-corrected chi connectivity index (χ0v) is 19.3. The number of anilines is 1. The SMILES string of the molecule is CCN(CC)c1ccc(CNC(=NC)NCc2nc(C)c(C)s2)cn1.I. The van der Waals surface area contributed by atoms with E-state index in [1.54, 1.807) is 18.4 Å². The quantitative estimate of drug-likeness (QED) is 0.355. The molecule has 0 aliphatic carbocycles. The molecular formula is C18H29IN6S. The second kappa shape index (κ2) is 11.3. The van der Waals surface area contributed by atoms with Crippen molar-refractivity contribution in [1.82, 2.24) is 20.6 Å². The molecule has 2 aromatic rings. The number of nitrogens with one attached hydrogen (secondary N) is 2. The van der Waals surface area contributed by atoms with Crippen LogP contribution in [0.15, 0.2) is 23.3 Å². The lowest BCUT2D eigenvalue weighted by atomic mass is 10.2. The molecule has 6 nitrogen and oxygen atoms in total. The number of halogens is 1. The lowest BCUT2D eigenvalue weighted by molar-refractivity contribution is 0.798. The normalized spacial score (nSPS) is 11.0. The van der Waals surface area contributed by atoms with Crippen molar-refractivity contribution in [2.24, 2.45) is 4.99 Å². The van der Waals surface area contributed by atoms with Gasteiger partial charge < -0.3 is 15.5 Å². The van der Waals surface area contributed by atoms with Gasteiger partial charge in [-0.25, -0.2) is 9.97 Å². The number of aliphatic imine (C=N–C) groups is 1. The highest BCUT2D eigenvalue weighted by Crippen LogP contribution is 2.16. The van der Waals surface area contributed by atoms with Crippen LogP contribution in [0, 0.1) is 13.8 Å². The molecule has 0 atom stereocenters. The highest BCUT2D eigenvalue weighted by Gasteiger charge is 2.06. The molecule has 0 aliphatic rings. The van der Waals surface area contributed by atoms with Gasteiger partial charge in [-0.2, -0.15) is 0 Å². The summed E-state index contributed by atoms with van der Waals surface area (Å²) in [5.41, 5.74) is 2.23. The number of rotatable bonds is 7. The summed E-state index contributed by atoms with van der Waals surface area (Å²) in [4.78, 5) is 16.8. The zero-order valence-electron chi connectivity index (χ0n) is 16.2. The van der Waals surface area contributed by atoms with E-state index >= 15 is 0 Å². The Hall–Kier alpha value is -1.42. The van der Waals surface area contributed by atoms with Gasteiger partial charge in [0.05, 0.1) is 12.2 Å². The predicted molar refractivity (Wildman–Crippen MR) is 122 cm³/mol. The third-order valence-corrected chi connectivity index (χ3v) is 5.13. The summed E-state index contributed by atoms with van der Waals surface area (Å²) in [5.74, 6) is 1.78. The molecule has 26 heavy (non-hydrogen) atoms. The second-order valence-electron chi connectivity index (χ2n) is 5.73. The number of nitrogens with zero attached hydrogens (tertiary/aromatic N) is 4. The minimum atomic E-state index is 0. The fraction of sp³-hybridized carbons (Fsp3) is 0.500. The summed E-state index contributed by atoms with van der Waals surface area (Å²) in [5, 5.41) is 7.69. The molecule has 2 aromatic heterocycles. The molecule has 2 heterocycles. The molecule has 0 saturated heterocycles. The van der Waals surface area contributed by atoms with Crippen molar-refractivity contribution in [1.29, 1.82) is 0 Å². The Morgan fingerprint density at radius 2 is 1.85 bits per heavy atom. The average molecular weight is 488 g/mol. The van der Waals surface area contributed by atoms with Gasteiger partial charge in [0.15, 0.2) is 5.96 Å². The maximum absolute atomic E-state index is 4.55. The highest BCUT2D eigenvalue weighted by molar-refractivity contribution is 14.0. The Labute approximate surface area is 177 Å². The molecule has 0 saturated carbocycles. The topological polar surface area (TPSA) is 65.4 Å². The number of hydrogen-bond donors (Lipinski definition) is 2. The van der Waals surface area contributed by atoms with Crippen molar-refractivity contribution in [2.45, 2.75) is 40.8 Å². The van der Waals surface area contributed by atoms with E-state index in [1.165, 1.54) is 4.88 Å². The second-order valence-corrected chi connectivity index (χ2v) is 7.01. The number of aryl methyl sites for hydroxylation is 2. The Balaban J connectivity index is 0.00000338. The molecule has 2 rings (SSSR count). The van der Waals surface area contributed by atoms with Gasteiger partial charge in [-0.05, 0) is 39.3 Å². The van der Waals surface area contributed by atoms with Crippen molar-refractivity contribution in [2.75, 3.05) is 25.0 Å². The first-order chi connectivity index (χ1) is 12.1. The number of thiazole rings is 1. The van der Waals surface area contributed by atoms with Crippen LogP contribution in [-0.4, -0.2) is 36.1 Å². The van der Waals surface area contributed by atoms with Crippen molar-refractivity contribution in [3.05, 3.63) is 39.5 Å². The van der Waals surface area contributed by atoms with E-state index in [-0.39, 0.29) is 24.0 Å². The van der Waals surface area contributed by atoms with Gasteiger partial charge >= 0.3 is 0 Å². The van der Waals surface area contributed by atoms with Gasteiger partial charge in [0, 0.05) is 37.8 Å². The molecule has 2 N–H and O–H groups in total. The Bertz CT molecular complexity index is 675. The summed E-state index contributed by atoms with van der Waals surface area (Å²) in [6, 6.07) is 4.18. The van der Waals surface area contributed by atoms with Gasteiger partial charge in [-0.15, -0.1) is 35.3 Å². The average Bonchev–Trinajstić information content (AvgIpc) is 2.95. The van der Waals surface area contributed by atoms with Gasteiger partial charge in [0.25, 0.3) is 0 Å². The fourth-order valence-corrected chi connectivity index (χ4v) is 3.31. The Morgan fingerprint density at radius 3 is 2.35 bits per heavy atom. The molecule has 0 unspecified atom stereocenters. The standard InChI is InChI=1S/C18H28N6S.HI/c1-6-24(7-2)16-9-8-15(10-20-16)11-21-18(19-5)22-12-17-23-13(3)14(4)25-17;/h8-10H,6-7,11-12H2,1-5H3,(H2,19,21,22);1H. The summed E-state index contributed by atoms with van der Waals surface area (Å²) in [6.07, 6.45) is 1.92. The molecule has 0 bridgehead atoms. The van der Waals surface area contributed by atoms with Crippen LogP contribution in [-0.2, 0) is 13.1 Å². The lowest BCUT2D eigenvalue weighted by Gasteiger charge is -2.19. The summed E-state index contributed by atoms with van der Waals surface area (Å²) >= 11 is 1.72. The lowest BCUT2D eigenvalue weighted by Crippen LogP contribution is -2.36. The first-order valence-corrected chi connectivity index (χ1v) is 9.46. The van der Waals surface area contributed by atoms with Crippen molar-refractivity contribution in [3.8, 4) is 0 Å². The van der Waals surface area contributed by atoms with Crippen LogP contribution < -0.4 is 15.5 Å². The largest absolute Gasteiger partial charge is 0.357 e. The van der Waals surface area contributed by atoms with Gasteiger partial charge in [0.1, 0.15) is 10.8 Å². The highest BCUT2D eigenvalue weighted by atomic mass is 127. The molecule has 144 valence electrons. The summed E-state index contributed by atoms with van der Waals surface area (Å²) < 4.78 is 0. The van der Waals surface area contributed by atoms with Crippen LogP contribution in [0.25, 0.3) is 0 Å². The fourth-order valence-electron chi connectivity index (χ4n) is 2.44. The first kappa shape index (κ1) is 22.6. The molecule has 0 spiro atoms. The number of aromatic nitrogens is 2. The summed E-state index contributed by atoms with van der Waals surface area (Å²) in [7, 11) is 1.77. The molecule has 0 aromatic carbocycles. The van der Waals surface area contributed by atoms with Crippen LogP contribution in [0.3, 0.4) is 0 Å². The van der Waals surface area contributed by atoms with Gasteiger partial charge in [0.2, 0.25) is 0 Å². The summed E-state index contributed by atoms with van der Waals surface area (Å²) in [6.45, 7) is 11.7. The van der Waals surface area contributed by atoms with E-state index in [2.05, 4.69) is 63.4 Å². The van der Waals surface area contributed by atoms with Crippen molar-refractivity contribution in [3.63, 3.8) is 0 Å². The molecule has 0 aliphatic heterocycles. The Morgan fingerprint density at radius 1 is 1.15 bits per heavy atom. The molecule has 0 fully saturated rings. The minimum absolute atomic E-state index is 0.